The number of nitrogens with zero attached hydrogens (tertiary/aromatic N) is 1. The molecule has 0 saturated carbocycles. The zero-order valence-electron chi connectivity index (χ0n) is 13.6. The van der Waals surface area contributed by atoms with Crippen molar-refractivity contribution in [1.82, 2.24) is 4.90 Å². The predicted molar refractivity (Wildman–Crippen MR) is 90.1 cm³/mol. The second kappa shape index (κ2) is 7.79. The summed E-state index contributed by atoms with van der Waals surface area (Å²) in [6.45, 7) is 5.94. The van der Waals surface area contributed by atoms with Crippen molar-refractivity contribution in [1.29, 1.82) is 0 Å². The molecule has 1 N–H and O–H groups in total. The average Bonchev–Trinajstić information content (AvgIpc) is 2.53. The van der Waals surface area contributed by atoms with E-state index in [-0.39, 0.29) is 18.2 Å². The molecule has 1 saturated heterocycles. The first-order chi connectivity index (χ1) is 10.9. The van der Waals surface area contributed by atoms with Gasteiger partial charge >= 0.3 is 0 Å². The number of morpholine rings is 1. The summed E-state index contributed by atoms with van der Waals surface area (Å²) >= 11 is 0. The number of hydrogen-bond acceptors (Lipinski definition) is 5. The zero-order valence-corrected chi connectivity index (χ0v) is 14.4. The second-order valence-electron chi connectivity index (χ2n) is 5.90. The number of hydrogen-bond donors (Lipinski definition) is 1. The molecule has 1 fully saturated rings. The van der Waals surface area contributed by atoms with Gasteiger partial charge in [0, 0.05) is 18.8 Å². The Morgan fingerprint density at radius 3 is 2.65 bits per heavy atom. The molecule has 0 aromatic heterocycles. The standard InChI is InChI=1S/C16H24N2O4S/c1-13(2)23(20,21)12-14-4-3-5-15(10-14)17-11-16(19)18-6-8-22-9-7-18/h3-5,10,13,17H,6-9,11-12H2,1-2H3. The molecule has 23 heavy (non-hydrogen) atoms. The molecule has 1 amide bonds. The third-order valence-corrected chi connectivity index (χ3v) is 5.99. The molecular weight excluding hydrogens is 316 g/mol. The summed E-state index contributed by atoms with van der Waals surface area (Å²) in [5.74, 6) is 0.0333. The van der Waals surface area contributed by atoms with E-state index in [9.17, 15) is 13.2 Å². The van der Waals surface area contributed by atoms with E-state index in [0.29, 0.717) is 26.3 Å². The largest absolute Gasteiger partial charge is 0.378 e. The van der Waals surface area contributed by atoms with E-state index in [0.717, 1.165) is 11.3 Å². The number of carbonyl (C=O) groups excluding carboxylic acids is 1. The van der Waals surface area contributed by atoms with Crippen molar-refractivity contribution in [2.45, 2.75) is 24.9 Å². The number of rotatable bonds is 6. The lowest BCUT2D eigenvalue weighted by Crippen LogP contribution is -2.43. The highest BCUT2D eigenvalue weighted by Crippen LogP contribution is 2.15. The minimum Gasteiger partial charge on any atom is -0.378 e. The van der Waals surface area contributed by atoms with Crippen LogP contribution in [0.2, 0.25) is 0 Å². The molecule has 128 valence electrons. The molecule has 2 rings (SSSR count). The van der Waals surface area contributed by atoms with E-state index in [2.05, 4.69) is 5.32 Å². The van der Waals surface area contributed by atoms with Crippen LogP contribution in [-0.2, 0) is 25.1 Å². The maximum absolute atomic E-state index is 12.1. The van der Waals surface area contributed by atoms with Crippen molar-refractivity contribution in [2.75, 3.05) is 38.2 Å². The number of benzene rings is 1. The first-order valence-corrected chi connectivity index (χ1v) is 9.50. The Hall–Kier alpha value is -1.60. The average molecular weight is 340 g/mol. The fourth-order valence-corrected chi connectivity index (χ4v) is 3.25. The molecule has 1 heterocycles. The van der Waals surface area contributed by atoms with E-state index >= 15 is 0 Å². The number of sulfone groups is 1. The highest BCUT2D eigenvalue weighted by molar-refractivity contribution is 7.91. The Morgan fingerprint density at radius 1 is 1.30 bits per heavy atom. The lowest BCUT2D eigenvalue weighted by atomic mass is 10.2. The van der Waals surface area contributed by atoms with E-state index < -0.39 is 15.1 Å². The van der Waals surface area contributed by atoms with Gasteiger partial charge in [0.25, 0.3) is 0 Å². The number of nitrogens with one attached hydrogen (secondary N) is 1. The topological polar surface area (TPSA) is 75.7 Å². The lowest BCUT2D eigenvalue weighted by molar-refractivity contribution is -0.133. The SMILES string of the molecule is CC(C)S(=O)(=O)Cc1cccc(NCC(=O)N2CCOCC2)c1. The number of ether oxygens (including phenoxy) is 1. The van der Waals surface area contributed by atoms with E-state index in [1.54, 1.807) is 36.9 Å². The van der Waals surface area contributed by atoms with Crippen LogP contribution < -0.4 is 5.32 Å². The third-order valence-electron chi connectivity index (χ3n) is 3.82. The first-order valence-electron chi connectivity index (χ1n) is 7.78. The van der Waals surface area contributed by atoms with Gasteiger partial charge in [0.2, 0.25) is 5.91 Å². The Morgan fingerprint density at radius 2 is 2.00 bits per heavy atom. The smallest absolute Gasteiger partial charge is 0.242 e. The third kappa shape index (κ3) is 5.21. The summed E-state index contributed by atoms with van der Waals surface area (Å²) in [7, 11) is -3.13. The van der Waals surface area contributed by atoms with Crippen molar-refractivity contribution in [3.05, 3.63) is 29.8 Å². The van der Waals surface area contributed by atoms with Crippen LogP contribution in [0, 0.1) is 0 Å². The normalized spacial score (nSPS) is 15.7. The summed E-state index contributed by atoms with van der Waals surface area (Å²) in [5.41, 5.74) is 1.48. The van der Waals surface area contributed by atoms with Crippen molar-refractivity contribution in [3.8, 4) is 0 Å². The molecule has 0 atom stereocenters. The molecule has 1 aliphatic heterocycles. The van der Waals surface area contributed by atoms with Crippen LogP contribution in [0.15, 0.2) is 24.3 Å². The number of anilines is 1. The van der Waals surface area contributed by atoms with Gasteiger partial charge in [0.15, 0.2) is 9.84 Å². The highest BCUT2D eigenvalue weighted by atomic mass is 32.2. The van der Waals surface area contributed by atoms with E-state index in [1.807, 2.05) is 6.07 Å². The first kappa shape index (κ1) is 17.7. The Kier molecular flexibility index (Phi) is 6.01. The van der Waals surface area contributed by atoms with Gasteiger partial charge in [-0.05, 0) is 31.5 Å². The summed E-state index contributed by atoms with van der Waals surface area (Å²) < 4.78 is 29.2. The van der Waals surface area contributed by atoms with Crippen molar-refractivity contribution < 1.29 is 17.9 Å². The Balaban J connectivity index is 1.93. The van der Waals surface area contributed by atoms with Gasteiger partial charge in [0.05, 0.1) is 30.8 Å². The molecule has 1 aliphatic rings. The molecule has 0 bridgehead atoms. The van der Waals surface area contributed by atoms with Gasteiger partial charge in [-0.15, -0.1) is 0 Å². The quantitative estimate of drug-likeness (QED) is 0.844. The monoisotopic (exact) mass is 340 g/mol. The van der Waals surface area contributed by atoms with Crippen molar-refractivity contribution in [3.63, 3.8) is 0 Å². The molecule has 0 radical (unpaired) electrons. The van der Waals surface area contributed by atoms with Crippen LogP contribution in [0.25, 0.3) is 0 Å². The van der Waals surface area contributed by atoms with Gasteiger partial charge in [-0.2, -0.15) is 0 Å². The van der Waals surface area contributed by atoms with Crippen LogP contribution in [0.3, 0.4) is 0 Å². The molecule has 7 heteroatoms. The van der Waals surface area contributed by atoms with Crippen LogP contribution in [-0.4, -0.2) is 57.3 Å². The maximum atomic E-state index is 12.1. The van der Waals surface area contributed by atoms with Gasteiger partial charge < -0.3 is 15.0 Å². The molecule has 0 aliphatic carbocycles. The van der Waals surface area contributed by atoms with Crippen molar-refractivity contribution in [2.24, 2.45) is 0 Å². The predicted octanol–water partition coefficient (Wildman–Crippen LogP) is 1.28. The molecule has 0 spiro atoms. The molecule has 0 unspecified atom stereocenters. The van der Waals surface area contributed by atoms with Crippen LogP contribution in [0.4, 0.5) is 5.69 Å². The molecular formula is C16H24N2O4S. The van der Waals surface area contributed by atoms with Gasteiger partial charge in [-0.25, -0.2) is 8.42 Å². The van der Waals surface area contributed by atoms with Crippen LogP contribution in [0.5, 0.6) is 0 Å². The van der Waals surface area contributed by atoms with Crippen LogP contribution >= 0.6 is 0 Å². The van der Waals surface area contributed by atoms with Crippen LogP contribution in [0.1, 0.15) is 19.4 Å². The second-order valence-corrected chi connectivity index (χ2v) is 8.46. The van der Waals surface area contributed by atoms with Gasteiger partial charge in [-0.3, -0.25) is 4.79 Å². The van der Waals surface area contributed by atoms with Crippen molar-refractivity contribution >= 4 is 21.4 Å². The van der Waals surface area contributed by atoms with E-state index in [1.165, 1.54) is 0 Å². The Bertz CT molecular complexity index is 637. The molecule has 1 aromatic rings. The highest BCUT2D eigenvalue weighted by Gasteiger charge is 2.18. The van der Waals surface area contributed by atoms with E-state index in [4.69, 9.17) is 4.74 Å². The summed E-state index contributed by atoms with van der Waals surface area (Å²) in [6.07, 6.45) is 0. The molecule has 1 aromatic carbocycles. The molecule has 6 nitrogen and oxygen atoms in total. The summed E-state index contributed by atoms with van der Waals surface area (Å²) in [6, 6.07) is 7.20. The van der Waals surface area contributed by atoms with Gasteiger partial charge in [-0.1, -0.05) is 12.1 Å². The minimum absolute atomic E-state index is 0.0115. The minimum atomic E-state index is -3.13. The van der Waals surface area contributed by atoms with Gasteiger partial charge in [0.1, 0.15) is 0 Å². The zero-order chi connectivity index (χ0) is 16.9. The summed E-state index contributed by atoms with van der Waals surface area (Å²) in [5, 5.41) is 2.67. The summed E-state index contributed by atoms with van der Waals surface area (Å²) in [4.78, 5) is 13.9. The number of carbonyl (C=O) groups is 1. The Labute approximate surface area is 137 Å². The fraction of sp³-hybridized carbons (Fsp3) is 0.562. The number of amides is 1. The lowest BCUT2D eigenvalue weighted by Gasteiger charge is -2.27. The maximum Gasteiger partial charge on any atom is 0.242 e. The fourth-order valence-electron chi connectivity index (χ4n) is 2.27.